The summed E-state index contributed by atoms with van der Waals surface area (Å²) in [5.74, 6) is 1.44. The van der Waals surface area contributed by atoms with Crippen LogP contribution in [0.4, 0.5) is 0 Å². The molecule has 2 rings (SSSR count). The van der Waals surface area contributed by atoms with Crippen molar-refractivity contribution in [3.63, 3.8) is 0 Å². The molecule has 1 aliphatic heterocycles. The van der Waals surface area contributed by atoms with Gasteiger partial charge in [-0.3, -0.25) is 0 Å². The molecule has 1 aromatic rings. The molecule has 0 saturated carbocycles. The molecule has 1 aliphatic rings. The van der Waals surface area contributed by atoms with Crippen molar-refractivity contribution in [3.8, 4) is 11.5 Å². The van der Waals surface area contributed by atoms with Crippen LogP contribution in [0.1, 0.15) is 19.4 Å². The smallest absolute Gasteiger partial charge is 0.231 e. The Morgan fingerprint density at radius 3 is 2.71 bits per heavy atom. The van der Waals surface area contributed by atoms with Crippen molar-refractivity contribution in [2.24, 2.45) is 0 Å². The first kappa shape index (κ1) is 16.5. The Morgan fingerprint density at radius 2 is 2.05 bits per heavy atom. The Hall–Kier alpha value is -0.830. The summed E-state index contributed by atoms with van der Waals surface area (Å²) in [4.78, 5) is 0. The lowest BCUT2D eigenvalue weighted by Crippen LogP contribution is -2.49. The number of halogens is 1. The molecule has 0 unspecified atom stereocenters. The first-order valence-corrected chi connectivity index (χ1v) is 9.12. The second kappa shape index (κ2) is 6.12. The van der Waals surface area contributed by atoms with E-state index in [-0.39, 0.29) is 6.79 Å². The molecule has 0 bridgehead atoms. The molecule has 0 saturated heterocycles. The highest BCUT2D eigenvalue weighted by molar-refractivity contribution is 9.10. The van der Waals surface area contributed by atoms with Gasteiger partial charge >= 0.3 is 0 Å². The van der Waals surface area contributed by atoms with Gasteiger partial charge in [-0.05, 0) is 47.5 Å². The van der Waals surface area contributed by atoms with Crippen LogP contribution in [0, 0.1) is 0 Å². The number of benzene rings is 1. The van der Waals surface area contributed by atoms with Crippen molar-refractivity contribution < 1.29 is 17.9 Å². The normalized spacial score (nSPS) is 14.5. The van der Waals surface area contributed by atoms with Crippen LogP contribution in [0.5, 0.6) is 11.5 Å². The maximum absolute atomic E-state index is 11.3. The van der Waals surface area contributed by atoms with Crippen LogP contribution in [0.25, 0.3) is 0 Å². The van der Waals surface area contributed by atoms with Crippen LogP contribution in [-0.4, -0.2) is 33.6 Å². The molecule has 0 spiro atoms. The van der Waals surface area contributed by atoms with E-state index in [0.29, 0.717) is 13.1 Å². The molecule has 0 fully saturated rings. The fourth-order valence-corrected chi connectivity index (χ4v) is 3.86. The van der Waals surface area contributed by atoms with Gasteiger partial charge in [0.2, 0.25) is 16.8 Å². The fourth-order valence-electron chi connectivity index (χ4n) is 2.18. The molecule has 1 heterocycles. The SMILES string of the molecule is CC(C)(CNCc1cc(Br)c2c(c1)OCO2)NS(C)(=O)=O. The van der Waals surface area contributed by atoms with Crippen molar-refractivity contribution in [2.45, 2.75) is 25.9 Å². The largest absolute Gasteiger partial charge is 0.454 e. The number of ether oxygens (including phenoxy) is 2. The topological polar surface area (TPSA) is 76.7 Å². The van der Waals surface area contributed by atoms with E-state index < -0.39 is 15.6 Å². The third kappa shape index (κ3) is 4.84. The number of hydrogen-bond acceptors (Lipinski definition) is 5. The highest BCUT2D eigenvalue weighted by Crippen LogP contribution is 2.39. The Kier molecular flexibility index (Phi) is 4.82. The lowest BCUT2D eigenvalue weighted by molar-refractivity contribution is 0.173. The highest BCUT2D eigenvalue weighted by atomic mass is 79.9. The van der Waals surface area contributed by atoms with Crippen molar-refractivity contribution in [2.75, 3.05) is 19.6 Å². The van der Waals surface area contributed by atoms with Crippen LogP contribution in [0.15, 0.2) is 16.6 Å². The summed E-state index contributed by atoms with van der Waals surface area (Å²) in [6.45, 7) is 5.00. The molecular weight excluding hydrogens is 360 g/mol. The molecule has 8 heteroatoms. The van der Waals surface area contributed by atoms with Gasteiger partial charge in [0.15, 0.2) is 11.5 Å². The summed E-state index contributed by atoms with van der Waals surface area (Å²) < 4.78 is 36.7. The van der Waals surface area contributed by atoms with Gasteiger partial charge in [0.25, 0.3) is 0 Å². The third-order valence-corrected chi connectivity index (χ3v) is 4.36. The van der Waals surface area contributed by atoms with Crippen LogP contribution in [-0.2, 0) is 16.6 Å². The second-order valence-electron chi connectivity index (χ2n) is 5.67. The highest BCUT2D eigenvalue weighted by Gasteiger charge is 2.22. The molecule has 0 amide bonds. The van der Waals surface area contributed by atoms with Gasteiger partial charge in [-0.15, -0.1) is 0 Å². The van der Waals surface area contributed by atoms with E-state index >= 15 is 0 Å². The van der Waals surface area contributed by atoms with Gasteiger partial charge in [0, 0.05) is 18.6 Å². The Labute approximate surface area is 133 Å². The fraction of sp³-hybridized carbons (Fsp3) is 0.538. The Balaban J connectivity index is 1.94. The summed E-state index contributed by atoms with van der Waals surface area (Å²) in [5.41, 5.74) is 0.475. The maximum Gasteiger partial charge on any atom is 0.231 e. The average Bonchev–Trinajstić information content (AvgIpc) is 2.73. The van der Waals surface area contributed by atoms with Crippen LogP contribution >= 0.6 is 15.9 Å². The van der Waals surface area contributed by atoms with Gasteiger partial charge in [-0.2, -0.15) is 0 Å². The van der Waals surface area contributed by atoms with Gasteiger partial charge in [0.1, 0.15) is 0 Å². The Morgan fingerprint density at radius 1 is 1.33 bits per heavy atom. The van der Waals surface area contributed by atoms with Crippen molar-refractivity contribution in [3.05, 3.63) is 22.2 Å². The molecule has 0 aliphatic carbocycles. The molecule has 6 nitrogen and oxygen atoms in total. The van der Waals surface area contributed by atoms with Crippen LogP contribution in [0.3, 0.4) is 0 Å². The number of sulfonamides is 1. The van der Waals surface area contributed by atoms with E-state index in [4.69, 9.17) is 9.47 Å². The van der Waals surface area contributed by atoms with E-state index in [9.17, 15) is 8.42 Å². The summed E-state index contributed by atoms with van der Waals surface area (Å²) in [6.07, 6.45) is 1.16. The molecule has 0 atom stereocenters. The van der Waals surface area contributed by atoms with Crippen LogP contribution in [0.2, 0.25) is 0 Å². The van der Waals surface area contributed by atoms with E-state index in [2.05, 4.69) is 26.0 Å². The minimum Gasteiger partial charge on any atom is -0.454 e. The third-order valence-electron chi connectivity index (χ3n) is 2.84. The minimum absolute atomic E-state index is 0.232. The lowest BCUT2D eigenvalue weighted by Gasteiger charge is -2.25. The number of rotatable bonds is 6. The molecule has 1 aromatic carbocycles. The van der Waals surface area contributed by atoms with E-state index in [1.165, 1.54) is 0 Å². The van der Waals surface area contributed by atoms with Gasteiger partial charge in [-0.1, -0.05) is 0 Å². The summed E-state index contributed by atoms with van der Waals surface area (Å²) in [7, 11) is -3.23. The minimum atomic E-state index is -3.23. The monoisotopic (exact) mass is 378 g/mol. The number of fused-ring (bicyclic) bond motifs is 1. The summed E-state index contributed by atoms with van der Waals surface area (Å²) in [5, 5.41) is 3.24. The average molecular weight is 379 g/mol. The number of hydrogen-bond donors (Lipinski definition) is 2. The van der Waals surface area contributed by atoms with Crippen molar-refractivity contribution in [1.82, 2.24) is 10.0 Å². The molecule has 2 N–H and O–H groups in total. The van der Waals surface area contributed by atoms with Crippen molar-refractivity contribution >= 4 is 26.0 Å². The molecule has 21 heavy (non-hydrogen) atoms. The second-order valence-corrected chi connectivity index (χ2v) is 8.28. The first-order valence-electron chi connectivity index (χ1n) is 6.44. The first-order chi connectivity index (χ1) is 9.66. The standard InChI is InChI=1S/C13H19BrN2O4S/c1-13(2,16-21(3,17)18)7-15-6-9-4-10(14)12-11(5-9)19-8-20-12/h4-5,15-16H,6-8H2,1-3H3. The zero-order valence-corrected chi connectivity index (χ0v) is 14.6. The predicted molar refractivity (Wildman–Crippen MR) is 84.0 cm³/mol. The van der Waals surface area contributed by atoms with E-state index in [0.717, 1.165) is 27.8 Å². The van der Waals surface area contributed by atoms with Gasteiger partial charge < -0.3 is 14.8 Å². The zero-order chi connectivity index (χ0) is 15.7. The molecule has 0 aromatic heterocycles. The van der Waals surface area contributed by atoms with E-state index in [1.807, 2.05) is 26.0 Å². The Bertz CT molecular complexity index is 631. The zero-order valence-electron chi connectivity index (χ0n) is 12.2. The van der Waals surface area contributed by atoms with E-state index in [1.54, 1.807) is 0 Å². The summed E-state index contributed by atoms with van der Waals surface area (Å²) in [6, 6.07) is 3.87. The van der Waals surface area contributed by atoms with Gasteiger partial charge in [-0.25, -0.2) is 13.1 Å². The predicted octanol–water partition coefficient (Wildman–Crippen LogP) is 1.60. The molecular formula is C13H19BrN2O4S. The summed E-state index contributed by atoms with van der Waals surface area (Å²) >= 11 is 3.44. The quantitative estimate of drug-likeness (QED) is 0.785. The van der Waals surface area contributed by atoms with Crippen LogP contribution < -0.4 is 19.5 Å². The molecule has 0 radical (unpaired) electrons. The number of nitrogens with one attached hydrogen (secondary N) is 2. The maximum atomic E-state index is 11.3. The lowest BCUT2D eigenvalue weighted by atomic mass is 10.1. The van der Waals surface area contributed by atoms with Gasteiger partial charge in [0.05, 0.1) is 10.7 Å². The molecule has 118 valence electrons. The van der Waals surface area contributed by atoms with Crippen molar-refractivity contribution in [1.29, 1.82) is 0 Å².